The van der Waals surface area contributed by atoms with Crippen molar-refractivity contribution in [2.45, 2.75) is 6.92 Å². The molecule has 0 unspecified atom stereocenters. The van der Waals surface area contributed by atoms with Crippen LogP contribution >= 0.6 is 0 Å². The Morgan fingerprint density at radius 2 is 1.34 bits per heavy atom. The standard InChI is InChI=1S/C24H23NO4/c1-2-28-19-12-14-20(15-13-19)29-17-16-25-24(27)22-11-7-6-10-21(22)23(26)18-8-4-3-5-9-18/h3-15H,2,16-17H2,1H3,(H,25,27). The van der Waals surface area contributed by atoms with Crippen molar-refractivity contribution in [3.8, 4) is 11.5 Å². The summed E-state index contributed by atoms with van der Waals surface area (Å²) in [5.74, 6) is 0.998. The van der Waals surface area contributed by atoms with E-state index in [0.29, 0.717) is 42.2 Å². The van der Waals surface area contributed by atoms with Gasteiger partial charge in [0.25, 0.3) is 5.91 Å². The molecule has 0 aliphatic carbocycles. The number of amides is 1. The third-order valence-corrected chi connectivity index (χ3v) is 4.24. The first-order chi connectivity index (χ1) is 14.2. The van der Waals surface area contributed by atoms with E-state index in [9.17, 15) is 9.59 Å². The zero-order valence-electron chi connectivity index (χ0n) is 16.3. The van der Waals surface area contributed by atoms with Gasteiger partial charge in [-0.25, -0.2) is 0 Å². The molecule has 0 spiro atoms. The first-order valence-electron chi connectivity index (χ1n) is 9.51. The molecule has 0 saturated carbocycles. The third kappa shape index (κ3) is 5.45. The molecule has 29 heavy (non-hydrogen) atoms. The molecule has 5 heteroatoms. The predicted molar refractivity (Wildman–Crippen MR) is 112 cm³/mol. The van der Waals surface area contributed by atoms with Crippen molar-refractivity contribution in [2.75, 3.05) is 19.8 Å². The van der Waals surface area contributed by atoms with Gasteiger partial charge in [-0.3, -0.25) is 9.59 Å². The van der Waals surface area contributed by atoms with Crippen molar-refractivity contribution in [1.29, 1.82) is 0 Å². The van der Waals surface area contributed by atoms with Crippen LogP contribution in [0.15, 0.2) is 78.9 Å². The van der Waals surface area contributed by atoms with E-state index in [1.54, 1.807) is 48.5 Å². The summed E-state index contributed by atoms with van der Waals surface area (Å²) in [4.78, 5) is 25.3. The molecule has 0 aliphatic rings. The maximum Gasteiger partial charge on any atom is 0.252 e. The number of carbonyl (C=O) groups excluding carboxylic acids is 2. The number of rotatable bonds is 9. The molecule has 0 fully saturated rings. The normalized spacial score (nSPS) is 10.2. The summed E-state index contributed by atoms with van der Waals surface area (Å²) in [6.07, 6.45) is 0. The molecule has 1 amide bonds. The van der Waals surface area contributed by atoms with Gasteiger partial charge >= 0.3 is 0 Å². The molecule has 0 saturated heterocycles. The number of ketones is 1. The van der Waals surface area contributed by atoms with Gasteiger partial charge in [-0.05, 0) is 37.3 Å². The summed E-state index contributed by atoms with van der Waals surface area (Å²) < 4.78 is 11.0. The van der Waals surface area contributed by atoms with E-state index in [0.717, 1.165) is 5.75 Å². The Morgan fingerprint density at radius 3 is 2.00 bits per heavy atom. The fourth-order valence-electron chi connectivity index (χ4n) is 2.85. The smallest absolute Gasteiger partial charge is 0.252 e. The monoisotopic (exact) mass is 389 g/mol. The Bertz CT molecular complexity index is 952. The van der Waals surface area contributed by atoms with Crippen LogP contribution in [0, 0.1) is 0 Å². The van der Waals surface area contributed by atoms with Crippen LogP contribution in [0.2, 0.25) is 0 Å². The quantitative estimate of drug-likeness (QED) is 0.442. The zero-order chi connectivity index (χ0) is 20.5. The minimum Gasteiger partial charge on any atom is -0.494 e. The predicted octanol–water partition coefficient (Wildman–Crippen LogP) is 4.13. The van der Waals surface area contributed by atoms with E-state index in [2.05, 4.69) is 5.32 Å². The van der Waals surface area contributed by atoms with Crippen LogP contribution in [-0.2, 0) is 0 Å². The van der Waals surface area contributed by atoms with Crippen LogP contribution in [0.5, 0.6) is 11.5 Å². The molecule has 0 bridgehead atoms. The minimum atomic E-state index is -0.305. The SMILES string of the molecule is CCOc1ccc(OCCNC(=O)c2ccccc2C(=O)c2ccccc2)cc1. The maximum absolute atomic E-state index is 12.7. The fraction of sp³-hybridized carbons (Fsp3) is 0.167. The van der Waals surface area contributed by atoms with E-state index in [1.807, 2.05) is 37.3 Å². The van der Waals surface area contributed by atoms with Crippen molar-refractivity contribution in [1.82, 2.24) is 5.32 Å². The van der Waals surface area contributed by atoms with E-state index in [1.165, 1.54) is 0 Å². The summed E-state index contributed by atoms with van der Waals surface area (Å²) in [6.45, 7) is 3.17. The van der Waals surface area contributed by atoms with Crippen molar-refractivity contribution in [2.24, 2.45) is 0 Å². The second kappa shape index (κ2) is 10.1. The zero-order valence-corrected chi connectivity index (χ0v) is 16.3. The summed E-state index contributed by atoms with van der Waals surface area (Å²) in [5, 5.41) is 2.81. The Hall–Kier alpha value is -3.60. The van der Waals surface area contributed by atoms with Crippen LogP contribution in [0.4, 0.5) is 0 Å². The molecule has 148 valence electrons. The lowest BCUT2D eigenvalue weighted by molar-refractivity contribution is 0.0936. The summed E-state index contributed by atoms with van der Waals surface area (Å²) in [7, 11) is 0. The topological polar surface area (TPSA) is 64.6 Å². The number of ether oxygens (including phenoxy) is 2. The highest BCUT2D eigenvalue weighted by molar-refractivity contribution is 6.15. The van der Waals surface area contributed by atoms with Crippen LogP contribution < -0.4 is 14.8 Å². The van der Waals surface area contributed by atoms with Gasteiger partial charge in [0, 0.05) is 11.1 Å². The molecule has 3 aromatic carbocycles. The molecule has 0 aromatic heterocycles. The van der Waals surface area contributed by atoms with Gasteiger partial charge < -0.3 is 14.8 Å². The van der Waals surface area contributed by atoms with Crippen molar-refractivity contribution >= 4 is 11.7 Å². The summed E-state index contributed by atoms with van der Waals surface area (Å²) >= 11 is 0. The third-order valence-electron chi connectivity index (χ3n) is 4.24. The molecular formula is C24H23NO4. The van der Waals surface area contributed by atoms with Crippen LogP contribution in [0.3, 0.4) is 0 Å². The van der Waals surface area contributed by atoms with Gasteiger partial charge in [-0.1, -0.05) is 48.5 Å². The first kappa shape index (κ1) is 20.1. The Balaban J connectivity index is 1.56. The molecular weight excluding hydrogens is 366 g/mol. The van der Waals surface area contributed by atoms with Crippen molar-refractivity contribution in [3.63, 3.8) is 0 Å². The van der Waals surface area contributed by atoms with Gasteiger partial charge in [0.2, 0.25) is 0 Å². The van der Waals surface area contributed by atoms with E-state index >= 15 is 0 Å². The molecule has 1 N–H and O–H groups in total. The second-order valence-corrected chi connectivity index (χ2v) is 6.25. The van der Waals surface area contributed by atoms with Crippen LogP contribution in [0.25, 0.3) is 0 Å². The summed E-state index contributed by atoms with van der Waals surface area (Å²) in [6, 6.07) is 23.0. The van der Waals surface area contributed by atoms with Crippen LogP contribution in [-0.4, -0.2) is 31.4 Å². The lowest BCUT2D eigenvalue weighted by atomic mass is 9.98. The number of carbonyl (C=O) groups is 2. The van der Waals surface area contributed by atoms with Gasteiger partial charge in [-0.15, -0.1) is 0 Å². The van der Waals surface area contributed by atoms with E-state index < -0.39 is 0 Å². The Morgan fingerprint density at radius 1 is 0.759 bits per heavy atom. The lowest BCUT2D eigenvalue weighted by Crippen LogP contribution is -2.29. The van der Waals surface area contributed by atoms with E-state index in [-0.39, 0.29) is 11.7 Å². The molecule has 5 nitrogen and oxygen atoms in total. The van der Waals surface area contributed by atoms with Gasteiger partial charge in [0.15, 0.2) is 5.78 Å². The van der Waals surface area contributed by atoms with Gasteiger partial charge in [0.1, 0.15) is 18.1 Å². The molecule has 0 aliphatic heterocycles. The van der Waals surface area contributed by atoms with E-state index in [4.69, 9.17) is 9.47 Å². The van der Waals surface area contributed by atoms with Crippen molar-refractivity contribution in [3.05, 3.63) is 95.6 Å². The molecule has 3 rings (SSSR count). The average Bonchev–Trinajstić information content (AvgIpc) is 2.78. The van der Waals surface area contributed by atoms with Gasteiger partial charge in [-0.2, -0.15) is 0 Å². The molecule has 0 radical (unpaired) electrons. The maximum atomic E-state index is 12.7. The largest absolute Gasteiger partial charge is 0.494 e. The Kier molecular flexibility index (Phi) is 7.00. The Labute approximate surface area is 170 Å². The lowest BCUT2D eigenvalue weighted by Gasteiger charge is -2.11. The number of nitrogens with one attached hydrogen (secondary N) is 1. The first-order valence-corrected chi connectivity index (χ1v) is 9.51. The number of hydrogen-bond donors (Lipinski definition) is 1. The minimum absolute atomic E-state index is 0.179. The number of hydrogen-bond acceptors (Lipinski definition) is 4. The highest BCUT2D eigenvalue weighted by atomic mass is 16.5. The second-order valence-electron chi connectivity index (χ2n) is 6.25. The number of benzene rings is 3. The van der Waals surface area contributed by atoms with Crippen LogP contribution in [0.1, 0.15) is 33.2 Å². The highest BCUT2D eigenvalue weighted by Gasteiger charge is 2.17. The molecule has 0 heterocycles. The average molecular weight is 389 g/mol. The van der Waals surface area contributed by atoms with Gasteiger partial charge in [0.05, 0.1) is 18.7 Å². The molecule has 3 aromatic rings. The highest BCUT2D eigenvalue weighted by Crippen LogP contribution is 2.17. The molecule has 0 atom stereocenters. The fourth-order valence-corrected chi connectivity index (χ4v) is 2.85. The van der Waals surface area contributed by atoms with Crippen molar-refractivity contribution < 1.29 is 19.1 Å². The summed E-state index contributed by atoms with van der Waals surface area (Å²) in [5.41, 5.74) is 1.28.